The van der Waals surface area contributed by atoms with Crippen LogP contribution < -0.4 is 14.9 Å². The van der Waals surface area contributed by atoms with E-state index >= 15 is 0 Å². The maximum atomic E-state index is 13.4. The molecule has 5 heteroatoms. The van der Waals surface area contributed by atoms with Crippen molar-refractivity contribution in [1.29, 1.82) is 0 Å². The smallest absolute Gasteiger partial charge is 0.343 e. The standard InChI is InChI=1S/C26H22O5/c1-15-5-7-18(8-6-15)24-25(31-26(28)19-9-11-20(29-4)12-10-19)23(27)21-13-16(2)17(3)14-22(21)30-24/h5-14H,1-4H3. The summed E-state index contributed by atoms with van der Waals surface area (Å²) in [5.41, 5.74) is 4.05. The number of carbonyl (C=O) groups excluding carboxylic acids is 1. The van der Waals surface area contributed by atoms with Gasteiger partial charge in [0, 0.05) is 5.56 Å². The fourth-order valence-electron chi connectivity index (χ4n) is 3.30. The maximum absolute atomic E-state index is 13.4. The molecule has 0 fully saturated rings. The molecule has 0 saturated carbocycles. The Kier molecular flexibility index (Phi) is 5.34. The molecule has 0 aliphatic carbocycles. The molecule has 0 radical (unpaired) electrons. The van der Waals surface area contributed by atoms with Crippen LogP contribution in [0.25, 0.3) is 22.3 Å². The second-order valence-electron chi connectivity index (χ2n) is 7.51. The molecular formula is C26H22O5. The van der Waals surface area contributed by atoms with E-state index in [9.17, 15) is 9.59 Å². The van der Waals surface area contributed by atoms with Crippen LogP contribution in [0.5, 0.6) is 11.5 Å². The summed E-state index contributed by atoms with van der Waals surface area (Å²) in [7, 11) is 1.55. The molecule has 31 heavy (non-hydrogen) atoms. The van der Waals surface area contributed by atoms with Gasteiger partial charge in [0.05, 0.1) is 18.1 Å². The summed E-state index contributed by atoms with van der Waals surface area (Å²) in [4.78, 5) is 26.2. The number of fused-ring (bicyclic) bond motifs is 1. The molecule has 0 spiro atoms. The molecule has 1 heterocycles. The van der Waals surface area contributed by atoms with Crippen molar-refractivity contribution >= 4 is 16.9 Å². The van der Waals surface area contributed by atoms with Crippen molar-refractivity contribution < 1.29 is 18.7 Å². The summed E-state index contributed by atoms with van der Waals surface area (Å²) in [6.45, 7) is 5.85. The second kappa shape index (κ2) is 8.11. The number of methoxy groups -OCH3 is 1. The third kappa shape index (κ3) is 3.94. The van der Waals surface area contributed by atoms with Crippen LogP contribution in [-0.4, -0.2) is 13.1 Å². The van der Waals surface area contributed by atoms with Crippen molar-refractivity contribution in [2.45, 2.75) is 20.8 Å². The Balaban J connectivity index is 1.88. The lowest BCUT2D eigenvalue weighted by Crippen LogP contribution is -2.16. The maximum Gasteiger partial charge on any atom is 0.343 e. The number of ether oxygens (including phenoxy) is 2. The number of esters is 1. The minimum absolute atomic E-state index is 0.125. The highest BCUT2D eigenvalue weighted by Crippen LogP contribution is 2.32. The van der Waals surface area contributed by atoms with Crippen LogP contribution in [0.15, 0.2) is 69.9 Å². The molecule has 3 aromatic carbocycles. The predicted octanol–water partition coefficient (Wildman–Crippen LogP) is 5.61. The van der Waals surface area contributed by atoms with Gasteiger partial charge in [-0.25, -0.2) is 4.79 Å². The normalized spacial score (nSPS) is 10.8. The number of benzene rings is 3. The zero-order valence-electron chi connectivity index (χ0n) is 17.8. The first-order valence-electron chi connectivity index (χ1n) is 9.88. The molecule has 0 aliphatic heterocycles. The fraction of sp³-hybridized carbons (Fsp3) is 0.154. The Morgan fingerprint density at radius 2 is 1.52 bits per heavy atom. The van der Waals surface area contributed by atoms with Crippen molar-refractivity contribution in [2.24, 2.45) is 0 Å². The third-order valence-electron chi connectivity index (χ3n) is 5.30. The van der Waals surface area contributed by atoms with Gasteiger partial charge in [0.2, 0.25) is 11.2 Å². The van der Waals surface area contributed by atoms with Gasteiger partial charge in [-0.1, -0.05) is 29.8 Å². The average Bonchev–Trinajstić information content (AvgIpc) is 2.77. The van der Waals surface area contributed by atoms with Crippen molar-refractivity contribution in [3.63, 3.8) is 0 Å². The molecule has 5 nitrogen and oxygen atoms in total. The van der Waals surface area contributed by atoms with Crippen molar-refractivity contribution in [1.82, 2.24) is 0 Å². The SMILES string of the molecule is COc1ccc(C(=O)Oc2c(-c3ccc(C)cc3)oc3cc(C)c(C)cc3c2=O)cc1. The van der Waals surface area contributed by atoms with Crippen LogP contribution in [-0.2, 0) is 0 Å². The highest BCUT2D eigenvalue weighted by molar-refractivity contribution is 5.93. The number of carbonyl (C=O) groups is 1. The van der Waals surface area contributed by atoms with Crippen LogP contribution in [0, 0.1) is 20.8 Å². The first-order chi connectivity index (χ1) is 14.9. The van der Waals surface area contributed by atoms with Crippen LogP contribution in [0.3, 0.4) is 0 Å². The van der Waals surface area contributed by atoms with Gasteiger partial charge >= 0.3 is 5.97 Å². The number of hydrogen-bond acceptors (Lipinski definition) is 5. The van der Waals surface area contributed by atoms with Crippen LogP contribution in [0.1, 0.15) is 27.0 Å². The lowest BCUT2D eigenvalue weighted by atomic mass is 10.0. The molecular weight excluding hydrogens is 392 g/mol. The van der Waals surface area contributed by atoms with Crippen molar-refractivity contribution in [2.75, 3.05) is 7.11 Å². The molecule has 4 aromatic rings. The largest absolute Gasteiger partial charge is 0.497 e. The summed E-state index contributed by atoms with van der Waals surface area (Å²) in [6.07, 6.45) is 0. The fourth-order valence-corrected chi connectivity index (χ4v) is 3.30. The van der Waals surface area contributed by atoms with Gasteiger partial charge in [0.25, 0.3) is 0 Å². The second-order valence-corrected chi connectivity index (χ2v) is 7.51. The Morgan fingerprint density at radius 3 is 2.16 bits per heavy atom. The van der Waals surface area contributed by atoms with E-state index in [1.54, 1.807) is 37.4 Å². The van der Waals surface area contributed by atoms with Gasteiger partial charge in [0.15, 0.2) is 5.76 Å². The monoisotopic (exact) mass is 414 g/mol. The molecule has 0 aliphatic rings. The molecule has 0 unspecified atom stereocenters. The number of hydrogen-bond donors (Lipinski definition) is 0. The van der Waals surface area contributed by atoms with Gasteiger partial charge in [-0.3, -0.25) is 4.79 Å². The zero-order chi connectivity index (χ0) is 22.1. The van der Waals surface area contributed by atoms with Crippen LogP contribution >= 0.6 is 0 Å². The zero-order valence-corrected chi connectivity index (χ0v) is 17.8. The van der Waals surface area contributed by atoms with E-state index in [2.05, 4.69) is 0 Å². The molecule has 0 N–H and O–H groups in total. The Morgan fingerprint density at radius 1 is 0.871 bits per heavy atom. The Bertz CT molecular complexity index is 1330. The highest BCUT2D eigenvalue weighted by atomic mass is 16.5. The van der Waals surface area contributed by atoms with E-state index in [1.807, 2.05) is 51.1 Å². The summed E-state index contributed by atoms with van der Waals surface area (Å²) >= 11 is 0. The number of rotatable bonds is 4. The van der Waals surface area contributed by atoms with E-state index in [4.69, 9.17) is 13.9 Å². The molecule has 156 valence electrons. The molecule has 0 bridgehead atoms. The summed E-state index contributed by atoms with van der Waals surface area (Å²) < 4.78 is 16.8. The Hall–Kier alpha value is -3.86. The molecule has 0 saturated heterocycles. The van der Waals surface area contributed by atoms with Crippen molar-refractivity contribution in [3.05, 3.63) is 93.1 Å². The van der Waals surface area contributed by atoms with E-state index in [0.29, 0.717) is 27.8 Å². The minimum Gasteiger partial charge on any atom is -0.497 e. The molecule has 0 amide bonds. The van der Waals surface area contributed by atoms with Crippen molar-refractivity contribution in [3.8, 4) is 22.8 Å². The van der Waals surface area contributed by atoms with Crippen LogP contribution in [0.2, 0.25) is 0 Å². The molecule has 0 atom stereocenters. The van der Waals surface area contributed by atoms with Gasteiger partial charge in [-0.2, -0.15) is 0 Å². The lowest BCUT2D eigenvalue weighted by Gasteiger charge is -2.12. The van der Waals surface area contributed by atoms with Crippen LogP contribution in [0.4, 0.5) is 0 Å². The minimum atomic E-state index is -0.647. The highest BCUT2D eigenvalue weighted by Gasteiger charge is 2.22. The molecule has 1 aromatic heterocycles. The number of aryl methyl sites for hydroxylation is 3. The van der Waals surface area contributed by atoms with Gasteiger partial charge in [-0.15, -0.1) is 0 Å². The van der Waals surface area contributed by atoms with E-state index in [-0.39, 0.29) is 16.9 Å². The average molecular weight is 414 g/mol. The molecule has 4 rings (SSSR count). The summed E-state index contributed by atoms with van der Waals surface area (Å²) in [5, 5.41) is 0.372. The quantitative estimate of drug-likeness (QED) is 0.406. The first-order valence-corrected chi connectivity index (χ1v) is 9.88. The van der Waals surface area contributed by atoms with E-state index < -0.39 is 5.97 Å². The lowest BCUT2D eigenvalue weighted by molar-refractivity contribution is 0.0731. The Labute approximate surface area is 179 Å². The summed E-state index contributed by atoms with van der Waals surface area (Å²) in [5.74, 6) is 0.0718. The van der Waals surface area contributed by atoms with E-state index in [1.165, 1.54) is 0 Å². The topological polar surface area (TPSA) is 65.7 Å². The van der Waals surface area contributed by atoms with Gasteiger partial charge in [0.1, 0.15) is 11.3 Å². The third-order valence-corrected chi connectivity index (χ3v) is 5.30. The summed E-state index contributed by atoms with van der Waals surface area (Å²) in [6, 6.07) is 17.6. The van der Waals surface area contributed by atoms with E-state index in [0.717, 1.165) is 16.7 Å². The van der Waals surface area contributed by atoms with Gasteiger partial charge in [-0.05, 0) is 68.3 Å². The predicted molar refractivity (Wildman–Crippen MR) is 120 cm³/mol. The first kappa shape index (κ1) is 20.4. The van der Waals surface area contributed by atoms with Gasteiger partial charge < -0.3 is 13.9 Å².